The highest BCUT2D eigenvalue weighted by molar-refractivity contribution is 5.67. The largest absolute Gasteiger partial charge is 0.416 e. The maximum absolute atomic E-state index is 11.1. The van der Waals surface area contributed by atoms with Gasteiger partial charge in [-0.15, -0.1) is 5.11 Å². The van der Waals surface area contributed by atoms with Crippen molar-refractivity contribution in [3.63, 3.8) is 0 Å². The molecule has 0 fully saturated rings. The van der Waals surface area contributed by atoms with Crippen molar-refractivity contribution in [1.82, 2.24) is 4.90 Å². The molecule has 0 bridgehead atoms. The van der Waals surface area contributed by atoms with Gasteiger partial charge in [0.25, 0.3) is 0 Å². The Bertz CT molecular complexity index is 233. The third kappa shape index (κ3) is 1.81. The van der Waals surface area contributed by atoms with Gasteiger partial charge >= 0.3 is 6.09 Å². The second kappa shape index (κ2) is 2.92. The lowest BCUT2D eigenvalue weighted by atomic mass is 10.3. The molecule has 1 rings (SSSR count). The Labute approximate surface area is 70.7 Å². The zero-order valence-corrected chi connectivity index (χ0v) is 7.31. The van der Waals surface area contributed by atoms with E-state index in [-0.39, 0.29) is 0 Å². The Balaban J connectivity index is 2.57. The molecule has 0 aromatic rings. The first-order valence-corrected chi connectivity index (χ1v) is 3.53. The number of rotatable bonds is 1. The van der Waals surface area contributed by atoms with E-state index in [1.165, 1.54) is 11.1 Å². The van der Waals surface area contributed by atoms with Crippen LogP contribution in [0.2, 0.25) is 0 Å². The Hall–Kier alpha value is -1.39. The maximum atomic E-state index is 11.1. The molecule has 1 amide bonds. The van der Waals surface area contributed by atoms with Crippen molar-refractivity contribution in [1.29, 1.82) is 0 Å². The minimum Gasteiger partial charge on any atom is -0.416 e. The van der Waals surface area contributed by atoms with Crippen LogP contribution in [0.4, 0.5) is 4.79 Å². The molecule has 1 atom stereocenters. The Kier molecular flexibility index (Phi) is 2.12. The monoisotopic (exact) mass is 169 g/mol. The smallest absolute Gasteiger partial charge is 0.411 e. The maximum Gasteiger partial charge on any atom is 0.411 e. The topological polar surface area (TPSA) is 54.3 Å². The SMILES string of the molecule is CN(C)C(=O)OC1(C)C=CN=N1. The van der Waals surface area contributed by atoms with E-state index in [9.17, 15) is 4.79 Å². The fourth-order valence-electron chi connectivity index (χ4n) is 0.675. The van der Waals surface area contributed by atoms with E-state index in [0.29, 0.717) is 0 Å². The second-order valence-electron chi connectivity index (χ2n) is 2.85. The van der Waals surface area contributed by atoms with E-state index in [1.807, 2.05) is 0 Å². The molecular weight excluding hydrogens is 158 g/mol. The zero-order chi connectivity index (χ0) is 9.19. The Morgan fingerprint density at radius 1 is 1.58 bits per heavy atom. The summed E-state index contributed by atoms with van der Waals surface area (Å²) >= 11 is 0. The fraction of sp³-hybridized carbons (Fsp3) is 0.571. The van der Waals surface area contributed by atoms with Crippen LogP contribution >= 0.6 is 0 Å². The highest BCUT2D eigenvalue weighted by Crippen LogP contribution is 2.20. The summed E-state index contributed by atoms with van der Waals surface area (Å²) in [4.78, 5) is 12.4. The van der Waals surface area contributed by atoms with Crippen molar-refractivity contribution in [3.05, 3.63) is 12.3 Å². The minimum absolute atomic E-state index is 0.428. The molecule has 0 spiro atoms. The summed E-state index contributed by atoms with van der Waals surface area (Å²) in [5, 5.41) is 7.33. The highest BCUT2D eigenvalue weighted by Gasteiger charge is 2.28. The first-order valence-electron chi connectivity index (χ1n) is 3.53. The summed E-state index contributed by atoms with van der Waals surface area (Å²) in [7, 11) is 3.23. The van der Waals surface area contributed by atoms with E-state index >= 15 is 0 Å². The molecular formula is C7H11N3O2. The van der Waals surface area contributed by atoms with Gasteiger partial charge in [-0.2, -0.15) is 5.11 Å². The minimum atomic E-state index is -0.915. The van der Waals surface area contributed by atoms with Gasteiger partial charge in [-0.3, -0.25) is 0 Å². The summed E-state index contributed by atoms with van der Waals surface area (Å²) in [5.41, 5.74) is -0.915. The lowest BCUT2D eigenvalue weighted by Crippen LogP contribution is -2.32. The molecule has 1 heterocycles. The standard InChI is InChI=1S/C7H11N3O2/c1-7(4-5-8-9-7)12-6(11)10(2)3/h4-5H,1-3H3. The number of hydrogen-bond donors (Lipinski definition) is 0. The van der Waals surface area contributed by atoms with Crippen LogP contribution in [0.5, 0.6) is 0 Å². The lowest BCUT2D eigenvalue weighted by molar-refractivity contribution is 0.0448. The van der Waals surface area contributed by atoms with Gasteiger partial charge in [0.1, 0.15) is 0 Å². The second-order valence-corrected chi connectivity index (χ2v) is 2.85. The van der Waals surface area contributed by atoms with E-state index in [0.717, 1.165) is 0 Å². The summed E-state index contributed by atoms with van der Waals surface area (Å²) in [6, 6.07) is 0. The molecule has 66 valence electrons. The summed E-state index contributed by atoms with van der Waals surface area (Å²) in [6.45, 7) is 1.67. The van der Waals surface area contributed by atoms with Crippen LogP contribution in [0.3, 0.4) is 0 Å². The van der Waals surface area contributed by atoms with Crippen LogP contribution < -0.4 is 0 Å². The quantitative estimate of drug-likeness (QED) is 0.595. The van der Waals surface area contributed by atoms with Crippen LogP contribution in [-0.2, 0) is 4.74 Å². The molecule has 5 nitrogen and oxygen atoms in total. The average Bonchev–Trinajstić information content (AvgIpc) is 2.35. The summed E-state index contributed by atoms with van der Waals surface area (Å²) in [5.74, 6) is 0. The number of azo groups is 1. The number of hydrogen-bond acceptors (Lipinski definition) is 4. The molecule has 0 aromatic carbocycles. The molecule has 1 unspecified atom stereocenters. The predicted octanol–water partition coefficient (Wildman–Crippen LogP) is 1.38. The van der Waals surface area contributed by atoms with E-state index < -0.39 is 11.8 Å². The fourth-order valence-corrected chi connectivity index (χ4v) is 0.675. The number of ether oxygens (including phenoxy) is 1. The van der Waals surface area contributed by atoms with E-state index in [4.69, 9.17) is 4.74 Å². The van der Waals surface area contributed by atoms with Gasteiger partial charge in [-0.1, -0.05) is 0 Å². The van der Waals surface area contributed by atoms with Gasteiger partial charge in [-0.05, 0) is 0 Å². The highest BCUT2D eigenvalue weighted by atomic mass is 16.6. The third-order valence-corrected chi connectivity index (χ3v) is 1.37. The molecule has 1 aliphatic heterocycles. The van der Waals surface area contributed by atoms with Crippen molar-refractivity contribution in [3.8, 4) is 0 Å². The first kappa shape index (κ1) is 8.70. The van der Waals surface area contributed by atoms with Crippen LogP contribution in [0.15, 0.2) is 22.5 Å². The first-order chi connectivity index (χ1) is 5.53. The van der Waals surface area contributed by atoms with Crippen molar-refractivity contribution in [2.24, 2.45) is 10.2 Å². The molecule has 5 heteroatoms. The normalized spacial score (nSPS) is 25.9. The molecule has 0 aliphatic carbocycles. The number of amides is 1. The van der Waals surface area contributed by atoms with Crippen molar-refractivity contribution in [2.45, 2.75) is 12.6 Å². The molecule has 1 aliphatic rings. The van der Waals surface area contributed by atoms with Gasteiger partial charge in [-0.25, -0.2) is 4.79 Å². The third-order valence-electron chi connectivity index (χ3n) is 1.37. The Morgan fingerprint density at radius 3 is 2.67 bits per heavy atom. The predicted molar refractivity (Wildman–Crippen MR) is 42.6 cm³/mol. The van der Waals surface area contributed by atoms with Gasteiger partial charge in [0, 0.05) is 27.1 Å². The molecule has 0 radical (unpaired) electrons. The van der Waals surface area contributed by atoms with Gasteiger partial charge in [0.15, 0.2) is 0 Å². The van der Waals surface area contributed by atoms with E-state index in [2.05, 4.69) is 10.2 Å². The van der Waals surface area contributed by atoms with Crippen molar-refractivity contribution >= 4 is 6.09 Å². The number of carbonyl (C=O) groups excluding carboxylic acids is 1. The summed E-state index contributed by atoms with van der Waals surface area (Å²) < 4.78 is 5.00. The lowest BCUT2D eigenvalue weighted by Gasteiger charge is -2.20. The van der Waals surface area contributed by atoms with Gasteiger partial charge in [0.05, 0.1) is 6.20 Å². The van der Waals surface area contributed by atoms with Gasteiger partial charge in [0.2, 0.25) is 5.72 Å². The average molecular weight is 169 g/mol. The van der Waals surface area contributed by atoms with Crippen LogP contribution in [-0.4, -0.2) is 30.8 Å². The molecule has 0 saturated heterocycles. The van der Waals surface area contributed by atoms with Gasteiger partial charge < -0.3 is 9.64 Å². The Morgan fingerprint density at radius 2 is 2.25 bits per heavy atom. The van der Waals surface area contributed by atoms with Crippen LogP contribution in [0.1, 0.15) is 6.92 Å². The molecule has 0 aromatic heterocycles. The molecule has 0 saturated carbocycles. The van der Waals surface area contributed by atoms with E-state index in [1.54, 1.807) is 27.1 Å². The zero-order valence-electron chi connectivity index (χ0n) is 7.31. The van der Waals surface area contributed by atoms with Crippen LogP contribution in [0, 0.1) is 0 Å². The summed E-state index contributed by atoms with van der Waals surface area (Å²) in [6.07, 6.45) is 2.69. The van der Waals surface area contributed by atoms with Crippen molar-refractivity contribution in [2.75, 3.05) is 14.1 Å². The van der Waals surface area contributed by atoms with Crippen molar-refractivity contribution < 1.29 is 9.53 Å². The molecule has 12 heavy (non-hydrogen) atoms. The number of nitrogens with zero attached hydrogens (tertiary/aromatic N) is 3. The van der Waals surface area contributed by atoms with Crippen LogP contribution in [0.25, 0.3) is 0 Å². The number of carbonyl (C=O) groups is 1. The molecule has 0 N–H and O–H groups in total.